The molecule has 15 heteroatoms. The third-order valence-electron chi connectivity index (χ3n) is 6.80. The van der Waals surface area contributed by atoms with Gasteiger partial charge in [-0.3, -0.25) is 19.8 Å². The number of amides is 1. The van der Waals surface area contributed by atoms with E-state index < -0.39 is 22.7 Å². The lowest BCUT2D eigenvalue weighted by Gasteiger charge is -2.20. The minimum Gasteiger partial charge on any atom is -0.466 e. The second kappa shape index (κ2) is 14.9. The molecule has 0 spiro atoms. The van der Waals surface area contributed by atoms with E-state index in [4.69, 9.17) is 16.3 Å². The number of esters is 1. The molecule has 1 fully saturated rings. The minimum atomic E-state index is -4.62. The highest BCUT2D eigenvalue weighted by Crippen LogP contribution is 2.40. The van der Waals surface area contributed by atoms with Crippen molar-refractivity contribution in [1.29, 1.82) is 0 Å². The van der Waals surface area contributed by atoms with Crippen LogP contribution in [0.4, 0.5) is 24.1 Å². The number of carbonyl (C=O) groups is 2. The number of nitrogens with zero attached hydrogens (tertiary/aromatic N) is 4. The predicted octanol–water partition coefficient (Wildman–Crippen LogP) is 5.46. The number of halogens is 4. The van der Waals surface area contributed by atoms with Crippen LogP contribution in [0.5, 0.6) is 0 Å². The van der Waals surface area contributed by atoms with Gasteiger partial charge in [-0.2, -0.15) is 13.2 Å². The van der Waals surface area contributed by atoms with E-state index in [0.717, 1.165) is 30.3 Å². The van der Waals surface area contributed by atoms with Gasteiger partial charge in [0, 0.05) is 42.7 Å². The summed E-state index contributed by atoms with van der Waals surface area (Å²) >= 11 is 7.06. The van der Waals surface area contributed by atoms with Gasteiger partial charge >= 0.3 is 12.1 Å². The van der Waals surface area contributed by atoms with Gasteiger partial charge in [-0.15, -0.1) is 0 Å². The molecular formula is C28H33ClF3N7O3S. The van der Waals surface area contributed by atoms with Gasteiger partial charge in [-0.05, 0) is 45.4 Å². The van der Waals surface area contributed by atoms with Crippen LogP contribution in [0.2, 0.25) is 5.02 Å². The van der Waals surface area contributed by atoms with Gasteiger partial charge in [0.2, 0.25) is 0 Å². The fourth-order valence-electron chi connectivity index (χ4n) is 4.57. The zero-order valence-corrected chi connectivity index (χ0v) is 25.3. The highest BCUT2D eigenvalue weighted by atomic mass is 35.5. The van der Waals surface area contributed by atoms with Crippen LogP contribution in [-0.2, 0) is 22.3 Å². The van der Waals surface area contributed by atoms with E-state index in [-0.39, 0.29) is 28.8 Å². The number of carbonyl (C=O) groups excluding carboxylic acids is 2. The summed E-state index contributed by atoms with van der Waals surface area (Å²) in [7, 11) is 0. The Morgan fingerprint density at radius 3 is 2.67 bits per heavy atom. The van der Waals surface area contributed by atoms with E-state index in [2.05, 4.69) is 42.7 Å². The van der Waals surface area contributed by atoms with E-state index >= 15 is 0 Å². The Morgan fingerprint density at radius 2 is 2.00 bits per heavy atom. The SMILES string of the molecule is CCOC(=O)CCNCCNc1cnc(C(=O)Nc2nc(-c3ccc(Cl)c(C(F)(F)F)c3)c(CN3CCC[C@H]3C)s2)cn1. The second-order valence-electron chi connectivity index (χ2n) is 9.92. The Morgan fingerprint density at radius 1 is 1.19 bits per heavy atom. The Labute approximate surface area is 256 Å². The van der Waals surface area contributed by atoms with Crippen LogP contribution in [0.15, 0.2) is 30.6 Å². The van der Waals surface area contributed by atoms with Crippen LogP contribution >= 0.6 is 22.9 Å². The molecule has 232 valence electrons. The molecule has 0 aliphatic carbocycles. The summed E-state index contributed by atoms with van der Waals surface area (Å²) < 4.78 is 45.6. The van der Waals surface area contributed by atoms with Crippen molar-refractivity contribution >= 4 is 45.8 Å². The van der Waals surface area contributed by atoms with Crippen LogP contribution in [0.25, 0.3) is 11.3 Å². The van der Waals surface area contributed by atoms with E-state index in [0.29, 0.717) is 50.3 Å². The van der Waals surface area contributed by atoms with Crippen molar-refractivity contribution in [1.82, 2.24) is 25.2 Å². The zero-order valence-electron chi connectivity index (χ0n) is 23.8. The van der Waals surface area contributed by atoms with Crippen molar-refractivity contribution in [3.05, 3.63) is 51.7 Å². The Kier molecular flexibility index (Phi) is 11.3. The standard InChI is InChI=1S/C28H33ClF3N7O3S/c1-3-42-24(40)8-9-33-10-11-34-23-15-35-21(14-36-23)26(41)38-27-37-25(22(43-27)16-39-12-4-5-17(39)2)18-6-7-20(29)19(13-18)28(30,31)32/h6-7,13-15,17,33H,3-5,8-12,16H2,1-2H3,(H,34,36)(H,37,38,41)/t17-/m1/s1. The first-order valence-electron chi connectivity index (χ1n) is 13.9. The molecule has 10 nitrogen and oxygen atoms in total. The average molecular weight is 640 g/mol. The molecule has 3 heterocycles. The molecule has 3 N–H and O–H groups in total. The summed E-state index contributed by atoms with van der Waals surface area (Å²) in [5.41, 5.74) is -0.262. The molecule has 0 unspecified atom stereocenters. The molecule has 1 atom stereocenters. The molecule has 1 aliphatic heterocycles. The minimum absolute atomic E-state index is 0.0513. The molecule has 2 aromatic heterocycles. The summed E-state index contributed by atoms with van der Waals surface area (Å²) in [5.74, 6) is -0.340. The number of nitrogens with one attached hydrogen (secondary N) is 3. The number of aromatic nitrogens is 3. The predicted molar refractivity (Wildman–Crippen MR) is 159 cm³/mol. The normalized spacial score (nSPS) is 15.4. The first-order valence-corrected chi connectivity index (χ1v) is 15.1. The van der Waals surface area contributed by atoms with Crippen molar-refractivity contribution in [2.75, 3.05) is 43.4 Å². The van der Waals surface area contributed by atoms with Crippen molar-refractivity contribution in [3.63, 3.8) is 0 Å². The number of hydrogen-bond donors (Lipinski definition) is 3. The Bertz CT molecular complexity index is 1410. The van der Waals surface area contributed by atoms with E-state index in [9.17, 15) is 22.8 Å². The number of anilines is 2. The lowest BCUT2D eigenvalue weighted by atomic mass is 10.1. The lowest BCUT2D eigenvalue weighted by molar-refractivity contribution is -0.143. The Hall–Kier alpha value is -3.33. The van der Waals surface area contributed by atoms with Gasteiger partial charge < -0.3 is 15.4 Å². The Balaban J connectivity index is 1.42. The van der Waals surface area contributed by atoms with Crippen LogP contribution in [-0.4, -0.2) is 70.6 Å². The monoisotopic (exact) mass is 639 g/mol. The van der Waals surface area contributed by atoms with Crippen molar-refractivity contribution in [2.24, 2.45) is 0 Å². The number of ether oxygens (including phenoxy) is 1. The zero-order chi connectivity index (χ0) is 31.0. The van der Waals surface area contributed by atoms with Gasteiger partial charge in [-0.25, -0.2) is 15.0 Å². The quantitative estimate of drug-likeness (QED) is 0.165. The maximum Gasteiger partial charge on any atom is 0.417 e. The van der Waals surface area contributed by atoms with Crippen LogP contribution in [0.1, 0.15) is 54.0 Å². The molecule has 0 bridgehead atoms. The summed E-state index contributed by atoms with van der Waals surface area (Å²) in [6, 6.07) is 4.03. The number of likely N-dealkylation sites (tertiary alicyclic amines) is 1. The van der Waals surface area contributed by atoms with Crippen molar-refractivity contribution in [2.45, 2.75) is 51.9 Å². The maximum absolute atomic E-state index is 13.6. The first-order chi connectivity index (χ1) is 20.5. The summed E-state index contributed by atoms with van der Waals surface area (Å²) in [6.45, 7) is 7.17. The molecule has 4 rings (SSSR count). The van der Waals surface area contributed by atoms with Gasteiger partial charge in [0.25, 0.3) is 5.91 Å². The smallest absolute Gasteiger partial charge is 0.417 e. The van der Waals surface area contributed by atoms with Crippen LogP contribution in [0, 0.1) is 0 Å². The fourth-order valence-corrected chi connectivity index (χ4v) is 5.79. The topological polar surface area (TPSA) is 121 Å². The van der Waals surface area contributed by atoms with Crippen molar-refractivity contribution < 1.29 is 27.5 Å². The van der Waals surface area contributed by atoms with Gasteiger partial charge in [-0.1, -0.05) is 29.0 Å². The van der Waals surface area contributed by atoms with Crippen molar-refractivity contribution in [3.8, 4) is 11.3 Å². The highest BCUT2D eigenvalue weighted by Gasteiger charge is 2.34. The summed E-state index contributed by atoms with van der Waals surface area (Å²) in [4.78, 5) is 40.2. The first kappa shape index (κ1) is 32.6. The fraction of sp³-hybridized carbons (Fsp3) is 0.464. The van der Waals surface area contributed by atoms with Crippen LogP contribution in [0.3, 0.4) is 0 Å². The van der Waals surface area contributed by atoms with E-state index in [1.54, 1.807) is 6.92 Å². The van der Waals surface area contributed by atoms with E-state index in [1.807, 2.05) is 0 Å². The average Bonchev–Trinajstić information content (AvgIpc) is 3.56. The van der Waals surface area contributed by atoms with Gasteiger partial charge in [0.1, 0.15) is 11.5 Å². The summed E-state index contributed by atoms with van der Waals surface area (Å²) in [5, 5.41) is 8.75. The number of hydrogen-bond acceptors (Lipinski definition) is 10. The molecule has 1 amide bonds. The molecule has 1 aromatic carbocycles. The third kappa shape index (κ3) is 9.08. The number of rotatable bonds is 13. The molecule has 1 aliphatic rings. The lowest BCUT2D eigenvalue weighted by Crippen LogP contribution is -2.25. The molecule has 0 saturated carbocycles. The second-order valence-corrected chi connectivity index (χ2v) is 11.4. The third-order valence-corrected chi connectivity index (χ3v) is 8.09. The van der Waals surface area contributed by atoms with Gasteiger partial charge in [0.15, 0.2) is 5.13 Å². The molecular weight excluding hydrogens is 607 g/mol. The summed E-state index contributed by atoms with van der Waals surface area (Å²) in [6.07, 6.45) is 0.477. The number of thiazole rings is 1. The number of benzene rings is 1. The van der Waals surface area contributed by atoms with E-state index in [1.165, 1.54) is 35.9 Å². The van der Waals surface area contributed by atoms with Gasteiger partial charge in [0.05, 0.1) is 41.7 Å². The largest absolute Gasteiger partial charge is 0.466 e. The maximum atomic E-state index is 13.6. The molecule has 1 saturated heterocycles. The number of alkyl halides is 3. The highest BCUT2D eigenvalue weighted by molar-refractivity contribution is 7.16. The molecule has 3 aromatic rings. The molecule has 0 radical (unpaired) electrons. The molecule has 43 heavy (non-hydrogen) atoms. The van der Waals surface area contributed by atoms with Crippen LogP contribution < -0.4 is 16.0 Å².